The first-order chi connectivity index (χ1) is 18.0. The minimum absolute atomic E-state index is 0.0137. The van der Waals surface area contributed by atoms with Crippen LogP contribution in [0.15, 0.2) is 59.0 Å². The van der Waals surface area contributed by atoms with Gasteiger partial charge in [0.2, 0.25) is 10.0 Å². The molecule has 1 N–H and O–H groups in total. The molecule has 38 heavy (non-hydrogen) atoms. The second-order valence-electron chi connectivity index (χ2n) is 9.11. The molecule has 0 bridgehead atoms. The summed E-state index contributed by atoms with van der Waals surface area (Å²) in [7, 11) is -0.943. The van der Waals surface area contributed by atoms with Crippen LogP contribution >= 0.6 is 0 Å². The van der Waals surface area contributed by atoms with Gasteiger partial charge in [0, 0.05) is 58.0 Å². The van der Waals surface area contributed by atoms with E-state index in [-0.39, 0.29) is 28.3 Å². The van der Waals surface area contributed by atoms with E-state index in [0.29, 0.717) is 38.4 Å². The number of aliphatic hydroxyl groups excluding tert-OH is 1. The van der Waals surface area contributed by atoms with Gasteiger partial charge in [0.05, 0.1) is 34.6 Å². The molecule has 12 nitrogen and oxygen atoms in total. The van der Waals surface area contributed by atoms with Crippen molar-refractivity contribution < 1.29 is 32.8 Å². The molecule has 2 aromatic rings. The number of hydrogen-bond donors (Lipinski definition) is 1. The number of carbonyl (C=O) groups is 2. The Bertz CT molecular complexity index is 1380. The predicted molar refractivity (Wildman–Crippen MR) is 137 cm³/mol. The molecule has 2 saturated heterocycles. The van der Waals surface area contributed by atoms with E-state index in [1.807, 2.05) is 0 Å². The zero-order valence-electron chi connectivity index (χ0n) is 20.9. The normalized spacial score (nSPS) is 20.3. The number of ether oxygens (including phenoxy) is 1. The molecule has 2 aliphatic rings. The number of hydrogen-bond acceptors (Lipinski definition) is 9. The van der Waals surface area contributed by atoms with Gasteiger partial charge in [-0.2, -0.15) is 0 Å². The molecular formula is C25H28N4O8S. The van der Waals surface area contributed by atoms with E-state index in [0.717, 1.165) is 4.31 Å². The van der Waals surface area contributed by atoms with Gasteiger partial charge in [-0.1, -0.05) is 12.1 Å². The van der Waals surface area contributed by atoms with Crippen LogP contribution in [0.25, 0.3) is 5.76 Å². The Hall–Kier alpha value is -3.65. The van der Waals surface area contributed by atoms with Crippen LogP contribution in [0, 0.1) is 10.1 Å². The van der Waals surface area contributed by atoms with Gasteiger partial charge in [0.15, 0.2) is 0 Å². The zero-order valence-corrected chi connectivity index (χ0v) is 21.8. The van der Waals surface area contributed by atoms with Crippen LogP contribution in [0.2, 0.25) is 0 Å². The molecule has 0 spiro atoms. The molecule has 1 atom stereocenters. The van der Waals surface area contributed by atoms with Gasteiger partial charge >= 0.3 is 0 Å². The quantitative estimate of drug-likeness (QED) is 0.172. The topological polar surface area (TPSA) is 151 Å². The molecule has 202 valence electrons. The maximum Gasteiger partial charge on any atom is 0.295 e. The van der Waals surface area contributed by atoms with Crippen molar-refractivity contribution in [2.75, 3.05) is 53.5 Å². The number of morpholine rings is 1. The fourth-order valence-corrected chi connectivity index (χ4v) is 5.39. The minimum Gasteiger partial charge on any atom is -0.507 e. The highest BCUT2D eigenvalue weighted by Gasteiger charge is 2.46. The van der Waals surface area contributed by atoms with Crippen molar-refractivity contribution in [2.24, 2.45) is 0 Å². The number of likely N-dealkylation sites (tertiary alicyclic amines) is 1. The zero-order chi connectivity index (χ0) is 27.6. The van der Waals surface area contributed by atoms with Crippen molar-refractivity contribution in [2.45, 2.75) is 10.9 Å². The fraction of sp³-hybridized carbons (Fsp3) is 0.360. The third-order valence-corrected chi connectivity index (χ3v) is 8.43. The third kappa shape index (κ3) is 5.31. The summed E-state index contributed by atoms with van der Waals surface area (Å²) >= 11 is 0. The molecule has 13 heteroatoms. The van der Waals surface area contributed by atoms with Gasteiger partial charge in [-0.05, 0) is 29.8 Å². The Morgan fingerprint density at radius 2 is 1.76 bits per heavy atom. The number of carbonyl (C=O) groups excluding carboxylic acids is 2. The van der Waals surface area contributed by atoms with Crippen LogP contribution in [0.5, 0.6) is 0 Å². The van der Waals surface area contributed by atoms with Gasteiger partial charge in [-0.25, -0.2) is 12.7 Å². The smallest absolute Gasteiger partial charge is 0.295 e. The van der Waals surface area contributed by atoms with Gasteiger partial charge in [0.1, 0.15) is 5.76 Å². The van der Waals surface area contributed by atoms with Crippen molar-refractivity contribution in [1.29, 1.82) is 0 Å². The molecule has 1 amide bonds. The van der Waals surface area contributed by atoms with E-state index >= 15 is 0 Å². The number of rotatable bonds is 8. The number of nitro groups is 1. The summed E-state index contributed by atoms with van der Waals surface area (Å²) in [6, 6.07) is 9.80. The van der Waals surface area contributed by atoms with Crippen LogP contribution in [0.3, 0.4) is 0 Å². The highest BCUT2D eigenvalue weighted by atomic mass is 32.2. The Labute approximate surface area is 219 Å². The highest BCUT2D eigenvalue weighted by molar-refractivity contribution is 7.89. The van der Waals surface area contributed by atoms with Crippen LogP contribution < -0.4 is 0 Å². The first kappa shape index (κ1) is 27.4. The largest absolute Gasteiger partial charge is 0.507 e. The lowest BCUT2D eigenvalue weighted by atomic mass is 9.95. The average Bonchev–Trinajstić information content (AvgIpc) is 3.17. The van der Waals surface area contributed by atoms with E-state index in [4.69, 9.17) is 4.74 Å². The number of nitro benzene ring substituents is 1. The second-order valence-corrected chi connectivity index (χ2v) is 11.3. The summed E-state index contributed by atoms with van der Waals surface area (Å²) in [5.41, 5.74) is -0.0155. The first-order valence-electron chi connectivity index (χ1n) is 11.9. The van der Waals surface area contributed by atoms with Crippen LogP contribution in [-0.2, 0) is 24.3 Å². The van der Waals surface area contributed by atoms with E-state index in [1.165, 1.54) is 61.5 Å². The number of Topliss-reactive ketones (excluding diaryl/α,β-unsaturated/α-hetero) is 1. The Balaban J connectivity index is 1.77. The Morgan fingerprint density at radius 1 is 1.11 bits per heavy atom. The van der Waals surface area contributed by atoms with E-state index in [2.05, 4.69) is 4.90 Å². The van der Waals surface area contributed by atoms with E-state index in [1.54, 1.807) is 6.07 Å². The van der Waals surface area contributed by atoms with Crippen LogP contribution in [0.1, 0.15) is 17.2 Å². The van der Waals surface area contributed by atoms with Gasteiger partial charge in [0.25, 0.3) is 17.4 Å². The summed E-state index contributed by atoms with van der Waals surface area (Å²) in [4.78, 5) is 40.6. The van der Waals surface area contributed by atoms with E-state index < -0.39 is 38.4 Å². The Kier molecular flexibility index (Phi) is 7.92. The number of non-ortho nitro benzene ring substituents is 1. The van der Waals surface area contributed by atoms with Crippen molar-refractivity contribution >= 4 is 33.2 Å². The number of ketones is 1. The van der Waals surface area contributed by atoms with Crippen molar-refractivity contribution in [3.05, 3.63) is 75.3 Å². The molecule has 1 unspecified atom stereocenters. The molecule has 2 aromatic carbocycles. The second kappa shape index (κ2) is 11.0. The number of aliphatic hydroxyl groups is 1. The third-order valence-electron chi connectivity index (χ3n) is 6.60. The lowest BCUT2D eigenvalue weighted by Crippen LogP contribution is -2.42. The average molecular weight is 545 g/mol. The molecule has 0 aliphatic carbocycles. The summed E-state index contributed by atoms with van der Waals surface area (Å²) < 4.78 is 31.2. The lowest BCUT2D eigenvalue weighted by molar-refractivity contribution is -0.384. The summed E-state index contributed by atoms with van der Waals surface area (Å²) in [5.74, 6) is -2.25. The summed E-state index contributed by atoms with van der Waals surface area (Å²) in [6.07, 6.45) is 0. The molecule has 2 fully saturated rings. The number of sulfonamides is 1. The van der Waals surface area contributed by atoms with E-state index in [9.17, 15) is 33.2 Å². The number of amides is 1. The van der Waals surface area contributed by atoms with Crippen molar-refractivity contribution in [3.8, 4) is 0 Å². The minimum atomic E-state index is -3.72. The van der Waals surface area contributed by atoms with Gasteiger partial charge in [-0.15, -0.1) is 0 Å². The number of benzene rings is 2. The van der Waals surface area contributed by atoms with Crippen molar-refractivity contribution in [1.82, 2.24) is 14.1 Å². The van der Waals surface area contributed by atoms with Gasteiger partial charge < -0.3 is 14.7 Å². The molecule has 0 radical (unpaired) electrons. The first-order valence-corrected chi connectivity index (χ1v) is 13.3. The fourth-order valence-electron chi connectivity index (χ4n) is 4.49. The molecule has 4 rings (SSSR count). The lowest BCUT2D eigenvalue weighted by Gasteiger charge is -2.31. The predicted octanol–water partition coefficient (Wildman–Crippen LogP) is 1.60. The summed E-state index contributed by atoms with van der Waals surface area (Å²) in [5, 5.41) is 22.6. The Morgan fingerprint density at radius 3 is 2.37 bits per heavy atom. The summed E-state index contributed by atoms with van der Waals surface area (Å²) in [6.45, 7) is 3.01. The molecule has 2 heterocycles. The molecule has 0 saturated carbocycles. The molecule has 0 aromatic heterocycles. The van der Waals surface area contributed by atoms with Crippen molar-refractivity contribution in [3.63, 3.8) is 0 Å². The molecule has 2 aliphatic heterocycles. The van der Waals surface area contributed by atoms with Crippen LogP contribution in [0.4, 0.5) is 5.69 Å². The maximum atomic E-state index is 13.2. The SMILES string of the molecule is CN(C)S(=O)(=O)c1ccc(C(O)=C2C(=O)C(=O)N(CCN3CCOCC3)C2c2cccc([N+](=O)[O-])c2)cc1. The number of nitrogens with zero attached hydrogens (tertiary/aromatic N) is 4. The monoisotopic (exact) mass is 544 g/mol. The maximum absolute atomic E-state index is 13.2. The van der Waals surface area contributed by atoms with Crippen LogP contribution in [-0.4, -0.2) is 97.7 Å². The van der Waals surface area contributed by atoms with Gasteiger partial charge in [-0.3, -0.25) is 24.6 Å². The standard InChI is InChI=1S/C25H28N4O8S/c1-26(2)38(35,36)20-8-6-17(7-9-20)23(30)21-22(18-4-3-5-19(16-18)29(33)34)28(25(32)24(21)31)11-10-27-12-14-37-15-13-27/h3-9,16,22,30H,10-15H2,1-2H3. The highest BCUT2D eigenvalue weighted by Crippen LogP contribution is 2.40. The molecular weight excluding hydrogens is 516 g/mol.